The number of imidazole rings is 1. The highest BCUT2D eigenvalue weighted by Crippen LogP contribution is 2.16. The van der Waals surface area contributed by atoms with Crippen LogP contribution in [0.2, 0.25) is 0 Å². The van der Waals surface area contributed by atoms with Crippen molar-refractivity contribution in [1.82, 2.24) is 9.55 Å². The second kappa shape index (κ2) is 5.28. The molecule has 0 aliphatic carbocycles. The number of hydrogen-bond acceptors (Lipinski definition) is 3. The molecule has 0 aliphatic heterocycles. The summed E-state index contributed by atoms with van der Waals surface area (Å²) in [5.74, 6) is -0.396. The predicted molar refractivity (Wildman–Crippen MR) is 79.9 cm³/mol. The fourth-order valence-electron chi connectivity index (χ4n) is 2.30. The Morgan fingerprint density at radius 1 is 1.19 bits per heavy atom. The predicted octanol–water partition coefficient (Wildman–Crippen LogP) is 2.50. The molecule has 0 saturated carbocycles. The molecule has 0 saturated heterocycles. The van der Waals surface area contributed by atoms with E-state index in [4.69, 9.17) is 4.74 Å². The Kier molecular flexibility index (Phi) is 3.31. The normalized spacial score (nSPS) is 10.7. The van der Waals surface area contributed by atoms with E-state index in [9.17, 15) is 9.59 Å². The molecule has 3 aromatic rings. The summed E-state index contributed by atoms with van der Waals surface area (Å²) in [5.41, 5.74) is 2.33. The lowest BCUT2D eigenvalue weighted by atomic mass is 10.2. The van der Waals surface area contributed by atoms with Crippen LogP contribution in [0.1, 0.15) is 17.3 Å². The van der Waals surface area contributed by atoms with Crippen LogP contribution in [0.3, 0.4) is 0 Å². The zero-order valence-corrected chi connectivity index (χ0v) is 11.5. The average molecular weight is 282 g/mol. The van der Waals surface area contributed by atoms with E-state index in [0.29, 0.717) is 17.9 Å². The third-order valence-electron chi connectivity index (χ3n) is 3.21. The summed E-state index contributed by atoms with van der Waals surface area (Å²) in [6.07, 6.45) is 0. The number of ether oxygens (including phenoxy) is 1. The van der Waals surface area contributed by atoms with Crippen molar-refractivity contribution in [3.63, 3.8) is 0 Å². The third-order valence-corrected chi connectivity index (χ3v) is 3.21. The van der Waals surface area contributed by atoms with Crippen LogP contribution >= 0.6 is 0 Å². The van der Waals surface area contributed by atoms with E-state index in [0.717, 1.165) is 11.0 Å². The molecule has 1 heterocycles. The number of nitrogens with one attached hydrogen (secondary N) is 1. The molecule has 5 heteroatoms. The first-order valence-electron chi connectivity index (χ1n) is 6.68. The van der Waals surface area contributed by atoms with Gasteiger partial charge >= 0.3 is 11.7 Å². The molecule has 5 nitrogen and oxygen atoms in total. The van der Waals surface area contributed by atoms with Gasteiger partial charge in [0, 0.05) is 0 Å². The lowest BCUT2D eigenvalue weighted by molar-refractivity contribution is 0.0526. The van der Waals surface area contributed by atoms with E-state index in [2.05, 4.69) is 4.98 Å². The Labute approximate surface area is 120 Å². The van der Waals surface area contributed by atoms with Gasteiger partial charge in [0.05, 0.1) is 28.9 Å². The van der Waals surface area contributed by atoms with Gasteiger partial charge < -0.3 is 9.72 Å². The van der Waals surface area contributed by atoms with E-state index < -0.39 is 5.97 Å². The first-order chi connectivity index (χ1) is 10.2. The zero-order chi connectivity index (χ0) is 14.8. The van der Waals surface area contributed by atoms with Gasteiger partial charge in [0.2, 0.25) is 0 Å². The van der Waals surface area contributed by atoms with Crippen molar-refractivity contribution in [2.24, 2.45) is 0 Å². The number of H-pyrrole nitrogens is 1. The minimum atomic E-state index is -0.396. The lowest BCUT2D eigenvalue weighted by Crippen LogP contribution is -2.15. The van der Waals surface area contributed by atoms with Crippen molar-refractivity contribution in [2.75, 3.05) is 6.61 Å². The summed E-state index contributed by atoms with van der Waals surface area (Å²) in [6.45, 7) is 2.07. The van der Waals surface area contributed by atoms with E-state index in [1.807, 2.05) is 24.3 Å². The number of nitrogens with zero attached hydrogens (tertiary/aromatic N) is 1. The minimum absolute atomic E-state index is 0.239. The van der Waals surface area contributed by atoms with Crippen molar-refractivity contribution in [1.29, 1.82) is 0 Å². The summed E-state index contributed by atoms with van der Waals surface area (Å²) < 4.78 is 6.52. The number of fused-ring (bicyclic) bond motifs is 1. The molecule has 21 heavy (non-hydrogen) atoms. The maximum absolute atomic E-state index is 12.1. The first-order valence-corrected chi connectivity index (χ1v) is 6.68. The highest BCUT2D eigenvalue weighted by atomic mass is 16.5. The van der Waals surface area contributed by atoms with Gasteiger partial charge in [0.15, 0.2) is 0 Å². The molecular weight excluding hydrogens is 268 g/mol. The van der Waals surface area contributed by atoms with E-state index >= 15 is 0 Å². The second-order valence-corrected chi connectivity index (χ2v) is 4.55. The SMILES string of the molecule is CCOC(=O)c1cccc(-n2c(=O)[nH]c3ccccc32)c1. The van der Waals surface area contributed by atoms with Crippen LogP contribution in [0, 0.1) is 0 Å². The van der Waals surface area contributed by atoms with Crippen LogP contribution in [0.5, 0.6) is 0 Å². The number of para-hydroxylation sites is 2. The molecule has 0 atom stereocenters. The number of esters is 1. The van der Waals surface area contributed by atoms with Crippen molar-refractivity contribution in [3.8, 4) is 5.69 Å². The van der Waals surface area contributed by atoms with E-state index in [1.165, 1.54) is 4.57 Å². The van der Waals surface area contributed by atoms with Crippen molar-refractivity contribution in [2.45, 2.75) is 6.92 Å². The lowest BCUT2D eigenvalue weighted by Gasteiger charge is -2.06. The topological polar surface area (TPSA) is 64.1 Å². The molecule has 0 radical (unpaired) electrons. The molecule has 2 aromatic carbocycles. The third kappa shape index (κ3) is 2.33. The van der Waals surface area contributed by atoms with Gasteiger partial charge in [-0.1, -0.05) is 18.2 Å². The van der Waals surface area contributed by atoms with Crippen LogP contribution in [-0.2, 0) is 4.74 Å². The van der Waals surface area contributed by atoms with Crippen LogP contribution < -0.4 is 5.69 Å². The number of carbonyl (C=O) groups excluding carboxylic acids is 1. The molecule has 3 rings (SSSR count). The van der Waals surface area contributed by atoms with Gasteiger partial charge in [-0.25, -0.2) is 9.59 Å². The Morgan fingerprint density at radius 2 is 2.00 bits per heavy atom. The van der Waals surface area contributed by atoms with Gasteiger partial charge in [-0.05, 0) is 37.3 Å². The quantitative estimate of drug-likeness (QED) is 0.751. The molecule has 0 bridgehead atoms. The van der Waals surface area contributed by atoms with E-state index in [1.54, 1.807) is 31.2 Å². The molecule has 0 unspecified atom stereocenters. The summed E-state index contributed by atoms with van der Waals surface area (Å²) in [6, 6.07) is 14.2. The van der Waals surface area contributed by atoms with Crippen molar-refractivity contribution >= 4 is 17.0 Å². The summed E-state index contributed by atoms with van der Waals surface area (Å²) in [7, 11) is 0. The van der Waals surface area contributed by atoms with Gasteiger partial charge in [0.1, 0.15) is 0 Å². The fraction of sp³-hybridized carbons (Fsp3) is 0.125. The molecule has 0 aliphatic rings. The molecule has 106 valence electrons. The second-order valence-electron chi connectivity index (χ2n) is 4.55. The first kappa shape index (κ1) is 13.2. The van der Waals surface area contributed by atoms with Gasteiger partial charge in [-0.3, -0.25) is 4.57 Å². The molecule has 0 amide bonds. The zero-order valence-electron chi connectivity index (χ0n) is 11.5. The largest absolute Gasteiger partial charge is 0.462 e. The maximum Gasteiger partial charge on any atom is 0.338 e. The Morgan fingerprint density at radius 3 is 2.81 bits per heavy atom. The summed E-state index contributed by atoms with van der Waals surface area (Å²) in [4.78, 5) is 26.7. The number of rotatable bonds is 3. The number of aromatic amines is 1. The van der Waals surface area contributed by atoms with Crippen LogP contribution in [0.25, 0.3) is 16.7 Å². The Balaban J connectivity index is 2.15. The number of aromatic nitrogens is 2. The number of benzene rings is 2. The van der Waals surface area contributed by atoms with Gasteiger partial charge in [0.25, 0.3) is 0 Å². The minimum Gasteiger partial charge on any atom is -0.462 e. The van der Waals surface area contributed by atoms with E-state index in [-0.39, 0.29) is 5.69 Å². The van der Waals surface area contributed by atoms with Crippen LogP contribution in [0.4, 0.5) is 0 Å². The smallest absolute Gasteiger partial charge is 0.338 e. The summed E-state index contributed by atoms with van der Waals surface area (Å²) >= 11 is 0. The van der Waals surface area contributed by atoms with Gasteiger partial charge in [-0.2, -0.15) is 0 Å². The number of carbonyl (C=O) groups is 1. The average Bonchev–Trinajstić information content (AvgIpc) is 2.83. The van der Waals surface area contributed by atoms with Crippen molar-refractivity contribution in [3.05, 3.63) is 64.6 Å². The van der Waals surface area contributed by atoms with Gasteiger partial charge in [-0.15, -0.1) is 0 Å². The summed E-state index contributed by atoms with van der Waals surface area (Å²) in [5, 5.41) is 0. The highest BCUT2D eigenvalue weighted by Gasteiger charge is 2.11. The highest BCUT2D eigenvalue weighted by molar-refractivity contribution is 5.90. The Hall–Kier alpha value is -2.82. The molecular formula is C16H14N2O3. The number of hydrogen-bond donors (Lipinski definition) is 1. The Bertz CT molecular complexity index is 861. The monoisotopic (exact) mass is 282 g/mol. The fourth-order valence-corrected chi connectivity index (χ4v) is 2.30. The van der Waals surface area contributed by atoms with Crippen LogP contribution in [0.15, 0.2) is 53.3 Å². The molecule has 1 N–H and O–H groups in total. The van der Waals surface area contributed by atoms with Crippen LogP contribution in [-0.4, -0.2) is 22.1 Å². The molecule has 0 fully saturated rings. The molecule has 0 spiro atoms. The standard InChI is InChI=1S/C16H14N2O3/c1-2-21-15(19)11-6-5-7-12(10-11)18-14-9-4-3-8-13(14)17-16(18)20/h3-10H,2H2,1H3,(H,17,20). The molecule has 1 aromatic heterocycles. The van der Waals surface area contributed by atoms with Crippen molar-refractivity contribution < 1.29 is 9.53 Å². The maximum atomic E-state index is 12.1.